The van der Waals surface area contributed by atoms with Crippen molar-refractivity contribution in [2.75, 3.05) is 4.31 Å². The highest BCUT2D eigenvalue weighted by Gasteiger charge is 2.40. The molecule has 2 aromatic carbocycles. The molecule has 0 saturated heterocycles. The van der Waals surface area contributed by atoms with Crippen molar-refractivity contribution in [3.8, 4) is 0 Å². The van der Waals surface area contributed by atoms with Gasteiger partial charge in [-0.15, -0.1) is 0 Å². The molecule has 156 valence electrons. The van der Waals surface area contributed by atoms with Crippen molar-refractivity contribution < 1.29 is 13.2 Å². The third kappa shape index (κ3) is 3.66. The summed E-state index contributed by atoms with van der Waals surface area (Å²) in [6.45, 7) is 11.9. The Kier molecular flexibility index (Phi) is 5.28. The zero-order valence-corrected chi connectivity index (χ0v) is 18.8. The molecule has 0 unspecified atom stereocenters. The van der Waals surface area contributed by atoms with Crippen LogP contribution < -0.4 is 10.0 Å². The van der Waals surface area contributed by atoms with Crippen LogP contribution in [0.3, 0.4) is 0 Å². The van der Waals surface area contributed by atoms with Gasteiger partial charge in [-0.05, 0) is 60.9 Å². The number of hydrogen-bond donors (Lipinski definition) is 1. The van der Waals surface area contributed by atoms with E-state index in [-0.39, 0.29) is 11.5 Å². The first-order chi connectivity index (χ1) is 13.4. The molecule has 0 saturated carbocycles. The lowest BCUT2D eigenvalue weighted by Crippen LogP contribution is -2.45. The van der Waals surface area contributed by atoms with Crippen LogP contribution in [0.15, 0.2) is 41.3 Å². The molecule has 1 heterocycles. The standard InChI is InChI=1S/C23H30N2O3S/c1-14-11-17(23(4,5)6)12-15(2)21(14)29(27,28)25-16(3)13-19(22(24)26)18-9-7-8-10-20(18)25/h7-12,16,19H,13H2,1-6H3,(H2,24,26)/t16-,19+/m1/s1. The largest absolute Gasteiger partial charge is 0.369 e. The van der Waals surface area contributed by atoms with Crippen molar-refractivity contribution in [1.82, 2.24) is 0 Å². The first-order valence-electron chi connectivity index (χ1n) is 9.90. The van der Waals surface area contributed by atoms with E-state index >= 15 is 0 Å². The van der Waals surface area contributed by atoms with E-state index in [4.69, 9.17) is 5.73 Å². The van der Waals surface area contributed by atoms with Gasteiger partial charge in [0.05, 0.1) is 16.5 Å². The highest BCUT2D eigenvalue weighted by atomic mass is 32.2. The lowest BCUT2D eigenvalue weighted by Gasteiger charge is -2.39. The molecular weight excluding hydrogens is 384 g/mol. The van der Waals surface area contributed by atoms with Crippen LogP contribution in [0.2, 0.25) is 0 Å². The van der Waals surface area contributed by atoms with E-state index in [1.165, 1.54) is 4.31 Å². The second kappa shape index (κ2) is 7.17. The van der Waals surface area contributed by atoms with Gasteiger partial charge in [-0.2, -0.15) is 0 Å². The number of nitrogens with two attached hydrogens (primary N) is 1. The molecule has 2 aromatic rings. The van der Waals surface area contributed by atoms with Gasteiger partial charge in [0, 0.05) is 6.04 Å². The number of anilines is 1. The zero-order valence-electron chi connectivity index (χ0n) is 18.0. The zero-order chi connectivity index (χ0) is 21.7. The van der Waals surface area contributed by atoms with Crippen LogP contribution in [0.4, 0.5) is 5.69 Å². The quantitative estimate of drug-likeness (QED) is 0.819. The number of fused-ring (bicyclic) bond motifs is 1. The van der Waals surface area contributed by atoms with Gasteiger partial charge in [0.15, 0.2) is 0 Å². The molecule has 0 radical (unpaired) electrons. The maximum Gasteiger partial charge on any atom is 0.265 e. The van der Waals surface area contributed by atoms with E-state index in [0.717, 1.165) is 16.7 Å². The van der Waals surface area contributed by atoms with Crippen molar-refractivity contribution in [3.63, 3.8) is 0 Å². The number of primary amides is 1. The van der Waals surface area contributed by atoms with Crippen molar-refractivity contribution in [2.45, 2.75) is 70.2 Å². The first kappa shape index (κ1) is 21.4. The summed E-state index contributed by atoms with van der Waals surface area (Å²) in [5.41, 5.74) is 9.31. The minimum atomic E-state index is -3.82. The summed E-state index contributed by atoms with van der Waals surface area (Å²) < 4.78 is 29.2. The molecule has 5 nitrogen and oxygen atoms in total. The number of benzene rings is 2. The summed E-state index contributed by atoms with van der Waals surface area (Å²) >= 11 is 0. The Labute approximate surface area is 174 Å². The second-order valence-corrected chi connectivity index (χ2v) is 10.8. The van der Waals surface area contributed by atoms with Crippen LogP contribution >= 0.6 is 0 Å². The Hall–Kier alpha value is -2.34. The van der Waals surface area contributed by atoms with E-state index in [1.54, 1.807) is 18.2 Å². The average Bonchev–Trinajstić information content (AvgIpc) is 2.58. The smallest absolute Gasteiger partial charge is 0.265 e. The van der Waals surface area contributed by atoms with Gasteiger partial charge in [0.2, 0.25) is 5.91 Å². The Balaban J connectivity index is 2.20. The predicted molar refractivity (Wildman–Crippen MR) is 117 cm³/mol. The molecule has 0 fully saturated rings. The molecule has 2 N–H and O–H groups in total. The molecule has 0 aliphatic carbocycles. The van der Waals surface area contributed by atoms with E-state index < -0.39 is 21.8 Å². The van der Waals surface area contributed by atoms with Gasteiger partial charge in [-0.3, -0.25) is 9.10 Å². The third-order valence-electron chi connectivity index (χ3n) is 5.71. The summed E-state index contributed by atoms with van der Waals surface area (Å²) in [7, 11) is -3.82. The number of nitrogens with zero attached hydrogens (tertiary/aromatic N) is 1. The predicted octanol–water partition coefficient (Wildman–Crippen LogP) is 4.16. The molecule has 1 aliphatic heterocycles. The van der Waals surface area contributed by atoms with Crippen LogP contribution in [0, 0.1) is 13.8 Å². The number of para-hydroxylation sites is 1. The molecule has 1 aliphatic rings. The topological polar surface area (TPSA) is 80.5 Å². The molecule has 3 rings (SSSR count). The molecule has 29 heavy (non-hydrogen) atoms. The molecule has 2 atom stereocenters. The maximum absolute atomic E-state index is 13.8. The van der Waals surface area contributed by atoms with E-state index in [1.807, 2.05) is 39.0 Å². The Morgan fingerprint density at radius 2 is 1.66 bits per heavy atom. The fourth-order valence-electron chi connectivity index (χ4n) is 4.31. The highest BCUT2D eigenvalue weighted by molar-refractivity contribution is 7.93. The van der Waals surface area contributed by atoms with E-state index in [2.05, 4.69) is 20.8 Å². The minimum absolute atomic E-state index is 0.0719. The molecular formula is C23H30N2O3S. The Morgan fingerprint density at radius 3 is 2.17 bits per heavy atom. The monoisotopic (exact) mass is 414 g/mol. The summed E-state index contributed by atoms with van der Waals surface area (Å²) in [6, 6.07) is 10.7. The number of amides is 1. The molecule has 0 spiro atoms. The van der Waals surface area contributed by atoms with Crippen molar-refractivity contribution in [3.05, 3.63) is 58.7 Å². The Bertz CT molecular complexity index is 1040. The third-order valence-corrected chi connectivity index (χ3v) is 7.95. The summed E-state index contributed by atoms with van der Waals surface area (Å²) in [5, 5.41) is 0. The van der Waals surface area contributed by atoms with Crippen molar-refractivity contribution >= 4 is 21.6 Å². The molecule has 0 bridgehead atoms. The van der Waals surface area contributed by atoms with Crippen LogP contribution in [0.25, 0.3) is 0 Å². The highest BCUT2D eigenvalue weighted by Crippen LogP contribution is 2.42. The number of hydrogen-bond acceptors (Lipinski definition) is 3. The molecule has 1 amide bonds. The normalized spacial score (nSPS) is 19.7. The maximum atomic E-state index is 13.8. The first-order valence-corrected chi connectivity index (χ1v) is 11.3. The summed E-state index contributed by atoms with van der Waals surface area (Å²) in [5.74, 6) is -0.915. The fourth-order valence-corrected chi connectivity index (χ4v) is 6.42. The van der Waals surface area contributed by atoms with Gasteiger partial charge in [-0.25, -0.2) is 8.42 Å². The van der Waals surface area contributed by atoms with Gasteiger partial charge >= 0.3 is 0 Å². The number of aryl methyl sites for hydroxylation is 2. The van der Waals surface area contributed by atoms with Gasteiger partial charge in [-0.1, -0.05) is 51.1 Å². The van der Waals surface area contributed by atoms with Crippen molar-refractivity contribution in [2.24, 2.45) is 5.73 Å². The minimum Gasteiger partial charge on any atom is -0.369 e. The lowest BCUT2D eigenvalue weighted by molar-refractivity contribution is -0.119. The number of rotatable bonds is 3. The van der Waals surface area contributed by atoms with E-state index in [9.17, 15) is 13.2 Å². The van der Waals surface area contributed by atoms with Crippen LogP contribution in [-0.2, 0) is 20.2 Å². The SMILES string of the molecule is Cc1cc(C(C)(C)C)cc(C)c1S(=O)(=O)N1c2ccccc2[C@@H](C(N)=O)C[C@H]1C. The lowest BCUT2D eigenvalue weighted by atomic mass is 9.85. The summed E-state index contributed by atoms with van der Waals surface area (Å²) in [6.07, 6.45) is 0.365. The Morgan fingerprint density at radius 1 is 1.10 bits per heavy atom. The van der Waals surface area contributed by atoms with Gasteiger partial charge in [0.25, 0.3) is 10.0 Å². The van der Waals surface area contributed by atoms with Crippen LogP contribution in [0.5, 0.6) is 0 Å². The molecule has 0 aromatic heterocycles. The average molecular weight is 415 g/mol. The van der Waals surface area contributed by atoms with Crippen molar-refractivity contribution in [1.29, 1.82) is 0 Å². The van der Waals surface area contributed by atoms with Gasteiger partial charge in [0.1, 0.15) is 0 Å². The number of carbonyl (C=O) groups excluding carboxylic acids is 1. The number of sulfonamides is 1. The van der Waals surface area contributed by atoms with Gasteiger partial charge < -0.3 is 5.73 Å². The van der Waals surface area contributed by atoms with E-state index in [0.29, 0.717) is 22.6 Å². The summed E-state index contributed by atoms with van der Waals surface area (Å²) in [4.78, 5) is 12.3. The fraction of sp³-hybridized carbons (Fsp3) is 0.435. The second-order valence-electron chi connectivity index (χ2n) is 9.09. The molecule has 6 heteroatoms. The van der Waals surface area contributed by atoms with Crippen LogP contribution in [0.1, 0.15) is 62.3 Å². The number of carbonyl (C=O) groups is 1. The van der Waals surface area contributed by atoms with Crippen LogP contribution in [-0.4, -0.2) is 20.4 Å².